The third-order valence-electron chi connectivity index (χ3n) is 2.60. The summed E-state index contributed by atoms with van der Waals surface area (Å²) in [4.78, 5) is 21.3. The molecule has 1 unspecified atom stereocenters. The second-order valence-corrected chi connectivity index (χ2v) is 3.63. The normalized spacial score (nSPS) is 19.9. The van der Waals surface area contributed by atoms with Gasteiger partial charge < -0.3 is 9.64 Å². The second kappa shape index (κ2) is 4.30. The maximum atomic E-state index is 11.7. The molecule has 1 atom stereocenters. The zero-order chi connectivity index (χ0) is 11.5. The highest BCUT2D eigenvalue weighted by Gasteiger charge is 2.28. The summed E-state index contributed by atoms with van der Waals surface area (Å²) in [6, 6.07) is 0.302. The Hall–Kier alpha value is -1.91. The van der Waals surface area contributed by atoms with Crippen LogP contribution in [-0.2, 0) is 4.79 Å². The molecular weight excluding hydrogens is 206 g/mol. The van der Waals surface area contributed by atoms with Gasteiger partial charge in [-0.3, -0.25) is 4.79 Å². The van der Waals surface area contributed by atoms with Gasteiger partial charge in [-0.25, -0.2) is 9.97 Å². The van der Waals surface area contributed by atoms with E-state index in [1.165, 1.54) is 7.11 Å². The Balaban J connectivity index is 2.17. The van der Waals surface area contributed by atoms with Gasteiger partial charge in [-0.15, -0.1) is 6.58 Å². The number of rotatable bonds is 3. The third kappa shape index (κ3) is 1.88. The highest BCUT2D eigenvalue weighted by molar-refractivity contribution is 5.95. The highest BCUT2D eigenvalue weighted by Crippen LogP contribution is 2.24. The van der Waals surface area contributed by atoms with Crippen molar-refractivity contribution in [1.82, 2.24) is 9.97 Å². The number of hydrogen-bond acceptors (Lipinski definition) is 4. The van der Waals surface area contributed by atoms with Gasteiger partial charge in [-0.2, -0.15) is 0 Å². The lowest BCUT2D eigenvalue weighted by Crippen LogP contribution is -2.24. The summed E-state index contributed by atoms with van der Waals surface area (Å²) in [5, 5.41) is 0. The molecule has 1 aliphatic heterocycles. The number of aromatic nitrogens is 2. The first kappa shape index (κ1) is 10.6. The van der Waals surface area contributed by atoms with E-state index in [0.717, 1.165) is 0 Å². The maximum Gasteiger partial charge on any atom is 0.316 e. The first-order valence-electron chi connectivity index (χ1n) is 5.03. The molecule has 1 aromatic heterocycles. The number of carbonyl (C=O) groups excluding carboxylic acids is 1. The lowest BCUT2D eigenvalue weighted by Gasteiger charge is -2.15. The molecule has 16 heavy (non-hydrogen) atoms. The van der Waals surface area contributed by atoms with Gasteiger partial charge in [0.15, 0.2) is 0 Å². The third-order valence-corrected chi connectivity index (χ3v) is 2.60. The van der Waals surface area contributed by atoms with Crippen LogP contribution in [-0.4, -0.2) is 29.5 Å². The summed E-state index contributed by atoms with van der Waals surface area (Å²) in [6.07, 6.45) is 5.50. The van der Waals surface area contributed by atoms with Crippen LogP contribution in [0.25, 0.3) is 0 Å². The van der Waals surface area contributed by atoms with Crippen molar-refractivity contribution in [3.05, 3.63) is 25.0 Å². The fourth-order valence-corrected chi connectivity index (χ4v) is 1.70. The molecule has 2 rings (SSSR count). The SMILES string of the molecule is C=CC1CC(=O)N(c2cnc(OC)nc2)C1. The predicted octanol–water partition coefficient (Wildman–Crippen LogP) is 1.02. The lowest BCUT2D eigenvalue weighted by molar-refractivity contribution is -0.117. The molecule has 0 aliphatic carbocycles. The summed E-state index contributed by atoms with van der Waals surface area (Å²) < 4.78 is 4.86. The van der Waals surface area contributed by atoms with E-state index in [4.69, 9.17) is 4.74 Å². The van der Waals surface area contributed by atoms with E-state index in [0.29, 0.717) is 24.7 Å². The van der Waals surface area contributed by atoms with E-state index in [2.05, 4.69) is 16.5 Å². The van der Waals surface area contributed by atoms with Crippen LogP contribution < -0.4 is 9.64 Å². The van der Waals surface area contributed by atoms with E-state index < -0.39 is 0 Å². The Bertz CT molecular complexity index is 402. The molecule has 1 saturated heterocycles. The summed E-state index contributed by atoms with van der Waals surface area (Å²) in [6.45, 7) is 4.35. The second-order valence-electron chi connectivity index (χ2n) is 3.63. The van der Waals surface area contributed by atoms with Crippen LogP contribution in [0.5, 0.6) is 6.01 Å². The van der Waals surface area contributed by atoms with Gasteiger partial charge in [0.1, 0.15) is 0 Å². The van der Waals surface area contributed by atoms with Crippen LogP contribution in [0.2, 0.25) is 0 Å². The van der Waals surface area contributed by atoms with Gasteiger partial charge in [-0.05, 0) is 0 Å². The molecule has 0 spiro atoms. The number of amides is 1. The van der Waals surface area contributed by atoms with Crippen LogP contribution in [0.3, 0.4) is 0 Å². The van der Waals surface area contributed by atoms with Gasteiger partial charge in [0, 0.05) is 18.9 Å². The van der Waals surface area contributed by atoms with E-state index in [-0.39, 0.29) is 11.8 Å². The molecule has 1 fully saturated rings. The topological polar surface area (TPSA) is 55.3 Å². The van der Waals surface area contributed by atoms with E-state index in [9.17, 15) is 4.79 Å². The largest absolute Gasteiger partial charge is 0.467 e. The van der Waals surface area contributed by atoms with Crippen molar-refractivity contribution < 1.29 is 9.53 Å². The fraction of sp³-hybridized carbons (Fsp3) is 0.364. The van der Waals surface area contributed by atoms with E-state index in [1.807, 2.05) is 6.08 Å². The number of nitrogens with zero attached hydrogens (tertiary/aromatic N) is 3. The quantitative estimate of drug-likeness (QED) is 0.712. The lowest BCUT2D eigenvalue weighted by atomic mass is 10.1. The minimum absolute atomic E-state index is 0.0821. The van der Waals surface area contributed by atoms with Crippen molar-refractivity contribution in [3.63, 3.8) is 0 Å². The van der Waals surface area contributed by atoms with Crippen molar-refractivity contribution >= 4 is 11.6 Å². The molecule has 0 radical (unpaired) electrons. The molecular formula is C11H13N3O2. The van der Waals surface area contributed by atoms with Crippen LogP contribution in [0.15, 0.2) is 25.0 Å². The average Bonchev–Trinajstić information content (AvgIpc) is 2.71. The number of anilines is 1. The highest BCUT2D eigenvalue weighted by atomic mass is 16.5. The molecule has 0 aromatic carbocycles. The summed E-state index contributed by atoms with van der Waals surface area (Å²) in [5.74, 6) is 0.299. The summed E-state index contributed by atoms with van der Waals surface area (Å²) >= 11 is 0. The molecule has 0 saturated carbocycles. The zero-order valence-electron chi connectivity index (χ0n) is 9.09. The number of carbonyl (C=O) groups is 1. The Morgan fingerprint density at radius 1 is 1.56 bits per heavy atom. The summed E-state index contributed by atoms with van der Waals surface area (Å²) in [7, 11) is 1.50. The molecule has 5 heteroatoms. The van der Waals surface area contributed by atoms with Crippen LogP contribution in [0.1, 0.15) is 6.42 Å². The minimum Gasteiger partial charge on any atom is -0.467 e. The van der Waals surface area contributed by atoms with E-state index in [1.54, 1.807) is 17.3 Å². The number of methoxy groups -OCH3 is 1. The Labute approximate surface area is 93.8 Å². The minimum atomic E-state index is 0.0821. The molecule has 2 heterocycles. The van der Waals surface area contributed by atoms with Crippen LogP contribution in [0.4, 0.5) is 5.69 Å². The maximum absolute atomic E-state index is 11.7. The number of hydrogen-bond donors (Lipinski definition) is 0. The smallest absolute Gasteiger partial charge is 0.316 e. The van der Waals surface area contributed by atoms with Gasteiger partial charge in [0.2, 0.25) is 5.91 Å². The molecule has 1 amide bonds. The Kier molecular flexibility index (Phi) is 2.85. The van der Waals surface area contributed by atoms with Crippen molar-refractivity contribution in [2.45, 2.75) is 6.42 Å². The van der Waals surface area contributed by atoms with Gasteiger partial charge in [0.05, 0.1) is 25.2 Å². The van der Waals surface area contributed by atoms with Crippen molar-refractivity contribution in [1.29, 1.82) is 0 Å². The first-order valence-corrected chi connectivity index (χ1v) is 5.03. The van der Waals surface area contributed by atoms with Crippen molar-refractivity contribution in [2.75, 3.05) is 18.6 Å². The summed E-state index contributed by atoms with van der Waals surface area (Å²) in [5.41, 5.74) is 0.704. The number of ether oxygens (including phenoxy) is 1. The van der Waals surface area contributed by atoms with Gasteiger partial charge >= 0.3 is 6.01 Å². The molecule has 1 aliphatic rings. The average molecular weight is 219 g/mol. The van der Waals surface area contributed by atoms with Crippen LogP contribution in [0, 0.1) is 5.92 Å². The Morgan fingerprint density at radius 3 is 2.75 bits per heavy atom. The molecule has 5 nitrogen and oxygen atoms in total. The Morgan fingerprint density at radius 2 is 2.25 bits per heavy atom. The van der Waals surface area contributed by atoms with Crippen LogP contribution >= 0.6 is 0 Å². The fourth-order valence-electron chi connectivity index (χ4n) is 1.70. The molecule has 0 N–H and O–H groups in total. The standard InChI is InChI=1S/C11H13N3O2/c1-3-8-4-10(15)14(7-8)9-5-12-11(16-2)13-6-9/h3,5-6,8H,1,4,7H2,2H3. The molecule has 1 aromatic rings. The van der Waals surface area contributed by atoms with E-state index >= 15 is 0 Å². The zero-order valence-corrected chi connectivity index (χ0v) is 9.09. The monoisotopic (exact) mass is 219 g/mol. The van der Waals surface area contributed by atoms with Gasteiger partial charge in [0.25, 0.3) is 0 Å². The predicted molar refractivity (Wildman–Crippen MR) is 59.2 cm³/mol. The van der Waals surface area contributed by atoms with Gasteiger partial charge in [-0.1, -0.05) is 6.08 Å². The molecule has 0 bridgehead atoms. The molecule has 84 valence electrons. The first-order chi connectivity index (χ1) is 7.74. The van der Waals surface area contributed by atoms with Crippen molar-refractivity contribution in [2.24, 2.45) is 5.92 Å². The van der Waals surface area contributed by atoms with Crippen molar-refractivity contribution in [3.8, 4) is 6.01 Å².